The molecule has 0 spiro atoms. The van der Waals surface area contributed by atoms with E-state index in [0.717, 1.165) is 42.6 Å². The minimum atomic E-state index is 0.245. The van der Waals surface area contributed by atoms with Crippen LogP contribution in [-0.2, 0) is 6.42 Å². The normalized spacial score (nSPS) is 12.2. The molecule has 0 aliphatic heterocycles. The summed E-state index contributed by atoms with van der Waals surface area (Å²) in [5.41, 5.74) is 0. The molecule has 2 N–H and O–H groups in total. The zero-order valence-corrected chi connectivity index (χ0v) is 12.3. The molecule has 2 heterocycles. The van der Waals surface area contributed by atoms with E-state index < -0.39 is 0 Å². The summed E-state index contributed by atoms with van der Waals surface area (Å²) in [5.74, 6) is 3.45. The van der Waals surface area contributed by atoms with Gasteiger partial charge in [-0.2, -0.15) is 0 Å². The van der Waals surface area contributed by atoms with E-state index in [-0.39, 0.29) is 6.04 Å². The quantitative estimate of drug-likeness (QED) is 0.811. The van der Waals surface area contributed by atoms with Crippen molar-refractivity contribution in [1.29, 1.82) is 0 Å². The van der Waals surface area contributed by atoms with E-state index in [1.807, 2.05) is 25.1 Å². The van der Waals surface area contributed by atoms with Gasteiger partial charge >= 0.3 is 0 Å². The van der Waals surface area contributed by atoms with E-state index in [1.54, 1.807) is 6.26 Å². The SMILES string of the molecule is CCCNc1cc(NC(C)Cc2ccco2)nc(C)n1. The molecule has 2 aromatic rings. The number of furan rings is 1. The molecule has 2 aromatic heterocycles. The third kappa shape index (κ3) is 4.26. The topological polar surface area (TPSA) is 63.0 Å². The molecule has 1 atom stereocenters. The van der Waals surface area contributed by atoms with E-state index in [1.165, 1.54) is 0 Å². The Hall–Kier alpha value is -2.04. The predicted octanol–water partition coefficient (Wildman–Crippen LogP) is 3.24. The Labute approximate surface area is 119 Å². The van der Waals surface area contributed by atoms with Crippen molar-refractivity contribution in [3.63, 3.8) is 0 Å². The zero-order chi connectivity index (χ0) is 14.4. The van der Waals surface area contributed by atoms with Crippen molar-refractivity contribution in [2.75, 3.05) is 17.2 Å². The summed E-state index contributed by atoms with van der Waals surface area (Å²) in [5, 5.41) is 6.67. The van der Waals surface area contributed by atoms with Crippen LogP contribution in [0.15, 0.2) is 28.9 Å². The first-order valence-electron chi connectivity index (χ1n) is 7.06. The third-order valence-electron chi connectivity index (χ3n) is 2.88. The van der Waals surface area contributed by atoms with E-state index in [9.17, 15) is 0 Å². The highest BCUT2D eigenvalue weighted by atomic mass is 16.3. The molecule has 0 saturated carbocycles. The summed E-state index contributed by atoms with van der Waals surface area (Å²) in [6, 6.07) is 6.08. The molecule has 0 aliphatic rings. The smallest absolute Gasteiger partial charge is 0.132 e. The van der Waals surface area contributed by atoms with Crippen molar-refractivity contribution in [3.8, 4) is 0 Å². The number of anilines is 2. The lowest BCUT2D eigenvalue weighted by atomic mass is 10.2. The molecule has 0 aromatic carbocycles. The summed E-state index contributed by atoms with van der Waals surface area (Å²) in [6.07, 6.45) is 3.60. The monoisotopic (exact) mass is 274 g/mol. The number of rotatable bonds is 7. The standard InChI is InChI=1S/C15H22N4O/c1-4-7-16-14-10-15(19-12(3)18-14)17-11(2)9-13-6-5-8-20-13/h5-6,8,10-11H,4,7,9H2,1-3H3,(H2,16,17,18,19). The van der Waals surface area contributed by atoms with Gasteiger partial charge in [0.1, 0.15) is 23.2 Å². The van der Waals surface area contributed by atoms with Crippen molar-refractivity contribution in [3.05, 3.63) is 36.0 Å². The highest BCUT2D eigenvalue weighted by Gasteiger charge is 2.08. The zero-order valence-electron chi connectivity index (χ0n) is 12.3. The second-order valence-electron chi connectivity index (χ2n) is 4.94. The molecule has 1 unspecified atom stereocenters. The van der Waals surface area contributed by atoms with Crippen molar-refractivity contribution in [2.45, 2.75) is 39.7 Å². The maximum absolute atomic E-state index is 5.36. The van der Waals surface area contributed by atoms with Crippen molar-refractivity contribution in [2.24, 2.45) is 0 Å². The van der Waals surface area contributed by atoms with Crippen LogP contribution in [0.4, 0.5) is 11.6 Å². The minimum absolute atomic E-state index is 0.245. The Kier molecular flexibility index (Phi) is 4.98. The molecule has 20 heavy (non-hydrogen) atoms. The number of nitrogens with one attached hydrogen (secondary N) is 2. The van der Waals surface area contributed by atoms with Crippen molar-refractivity contribution >= 4 is 11.6 Å². The molecule has 108 valence electrons. The Morgan fingerprint density at radius 2 is 2.10 bits per heavy atom. The highest BCUT2D eigenvalue weighted by Crippen LogP contribution is 2.14. The molecule has 5 nitrogen and oxygen atoms in total. The number of aromatic nitrogens is 2. The largest absolute Gasteiger partial charge is 0.469 e. The predicted molar refractivity (Wildman–Crippen MR) is 81.0 cm³/mol. The maximum atomic E-state index is 5.36. The summed E-state index contributed by atoms with van der Waals surface area (Å²) >= 11 is 0. The molecule has 0 fully saturated rings. The van der Waals surface area contributed by atoms with Gasteiger partial charge in [0.05, 0.1) is 6.26 Å². The van der Waals surface area contributed by atoms with E-state index >= 15 is 0 Å². The van der Waals surface area contributed by atoms with Crippen LogP contribution >= 0.6 is 0 Å². The van der Waals surface area contributed by atoms with Crippen LogP contribution in [0.25, 0.3) is 0 Å². The van der Waals surface area contributed by atoms with Crippen LogP contribution in [0, 0.1) is 6.92 Å². The highest BCUT2D eigenvalue weighted by molar-refractivity contribution is 5.48. The summed E-state index contributed by atoms with van der Waals surface area (Å²) < 4.78 is 5.36. The molecule has 0 bridgehead atoms. The Morgan fingerprint density at radius 3 is 2.80 bits per heavy atom. The Balaban J connectivity index is 1.98. The summed E-state index contributed by atoms with van der Waals surface area (Å²) in [6.45, 7) is 7.06. The molecule has 0 radical (unpaired) electrons. The maximum Gasteiger partial charge on any atom is 0.132 e. The fraction of sp³-hybridized carbons (Fsp3) is 0.467. The van der Waals surface area contributed by atoms with Gasteiger partial charge < -0.3 is 15.1 Å². The van der Waals surface area contributed by atoms with E-state index in [2.05, 4.69) is 34.4 Å². The summed E-state index contributed by atoms with van der Waals surface area (Å²) in [4.78, 5) is 8.79. The molecule has 0 aliphatic carbocycles. The third-order valence-corrected chi connectivity index (χ3v) is 2.88. The first-order valence-corrected chi connectivity index (χ1v) is 7.06. The van der Waals surface area contributed by atoms with Crippen molar-refractivity contribution < 1.29 is 4.42 Å². The number of hydrogen-bond donors (Lipinski definition) is 2. The molecule has 0 amide bonds. The molecular weight excluding hydrogens is 252 g/mol. The van der Waals surface area contributed by atoms with E-state index in [0.29, 0.717) is 0 Å². The lowest BCUT2D eigenvalue weighted by Gasteiger charge is -2.14. The summed E-state index contributed by atoms with van der Waals surface area (Å²) in [7, 11) is 0. The Bertz CT molecular complexity index is 525. The number of nitrogens with zero attached hydrogens (tertiary/aromatic N) is 2. The van der Waals surface area contributed by atoms with Crippen molar-refractivity contribution in [1.82, 2.24) is 9.97 Å². The minimum Gasteiger partial charge on any atom is -0.469 e. The molecule has 0 saturated heterocycles. The second kappa shape index (κ2) is 6.93. The van der Waals surface area contributed by atoms with Gasteiger partial charge in [0, 0.05) is 25.1 Å². The second-order valence-corrected chi connectivity index (χ2v) is 4.94. The van der Waals surface area contributed by atoms with Gasteiger partial charge in [-0.15, -0.1) is 0 Å². The Morgan fingerprint density at radius 1 is 1.30 bits per heavy atom. The number of aryl methyl sites for hydroxylation is 1. The lowest BCUT2D eigenvalue weighted by molar-refractivity contribution is 0.497. The lowest BCUT2D eigenvalue weighted by Crippen LogP contribution is -2.19. The van der Waals surface area contributed by atoms with Gasteiger partial charge in [0.25, 0.3) is 0 Å². The molecular formula is C15H22N4O. The fourth-order valence-corrected chi connectivity index (χ4v) is 2.02. The van der Waals surface area contributed by atoms with Gasteiger partial charge in [-0.05, 0) is 32.4 Å². The average molecular weight is 274 g/mol. The molecule has 5 heteroatoms. The van der Waals surface area contributed by atoms with Crippen LogP contribution in [-0.4, -0.2) is 22.6 Å². The van der Waals surface area contributed by atoms with Gasteiger partial charge in [0.15, 0.2) is 0 Å². The van der Waals surface area contributed by atoms with Crippen LogP contribution in [0.1, 0.15) is 31.9 Å². The van der Waals surface area contributed by atoms with E-state index in [4.69, 9.17) is 4.42 Å². The van der Waals surface area contributed by atoms with Gasteiger partial charge in [-0.1, -0.05) is 6.92 Å². The fourth-order valence-electron chi connectivity index (χ4n) is 2.02. The average Bonchev–Trinajstić information content (AvgIpc) is 2.88. The van der Waals surface area contributed by atoms with Crippen LogP contribution in [0.5, 0.6) is 0 Å². The van der Waals surface area contributed by atoms with Gasteiger partial charge in [-0.25, -0.2) is 9.97 Å². The first kappa shape index (κ1) is 14.4. The van der Waals surface area contributed by atoms with Crippen LogP contribution in [0.2, 0.25) is 0 Å². The number of hydrogen-bond acceptors (Lipinski definition) is 5. The van der Waals surface area contributed by atoms with Crippen LogP contribution < -0.4 is 10.6 Å². The van der Waals surface area contributed by atoms with Crippen LogP contribution in [0.3, 0.4) is 0 Å². The van der Waals surface area contributed by atoms with Gasteiger partial charge in [-0.3, -0.25) is 0 Å². The molecule has 2 rings (SSSR count). The first-order chi connectivity index (χ1) is 9.67. The van der Waals surface area contributed by atoms with Gasteiger partial charge in [0.2, 0.25) is 0 Å².